The van der Waals surface area contributed by atoms with Crippen molar-refractivity contribution in [3.63, 3.8) is 0 Å². The Kier molecular flexibility index (Phi) is 2.46. The Morgan fingerprint density at radius 1 is 1.00 bits per heavy atom. The minimum Gasteiger partial charge on any atom is -0.268 e. The van der Waals surface area contributed by atoms with E-state index in [0.717, 1.165) is 11.1 Å². The van der Waals surface area contributed by atoms with Gasteiger partial charge in [0.15, 0.2) is 0 Å². The lowest BCUT2D eigenvalue weighted by atomic mass is 10.00. The highest BCUT2D eigenvalue weighted by Crippen LogP contribution is 2.34. The third-order valence-electron chi connectivity index (χ3n) is 3.06. The Labute approximate surface area is 111 Å². The molecule has 1 aliphatic heterocycles. The maximum Gasteiger partial charge on any atom is 0.266 e. The normalized spacial score (nSPS) is 15.9. The van der Waals surface area contributed by atoms with Gasteiger partial charge in [-0.2, -0.15) is 0 Å². The van der Waals surface area contributed by atoms with Crippen LogP contribution in [-0.4, -0.2) is 14.3 Å². The van der Waals surface area contributed by atoms with Crippen LogP contribution < -0.4 is 4.72 Å². The van der Waals surface area contributed by atoms with Crippen molar-refractivity contribution >= 4 is 15.9 Å². The summed E-state index contributed by atoms with van der Waals surface area (Å²) in [5.41, 5.74) is 2.42. The summed E-state index contributed by atoms with van der Waals surface area (Å²) in [5.74, 6) is -0.559. The second kappa shape index (κ2) is 3.93. The summed E-state index contributed by atoms with van der Waals surface area (Å²) in [6.07, 6.45) is 0. The quantitative estimate of drug-likeness (QED) is 0.865. The topological polar surface area (TPSA) is 63.2 Å². The average molecular weight is 273 g/mol. The lowest BCUT2D eigenvalue weighted by molar-refractivity contribution is 0.0985. The molecule has 0 saturated heterocycles. The summed E-state index contributed by atoms with van der Waals surface area (Å²) in [6, 6.07) is 12.6. The largest absolute Gasteiger partial charge is 0.268 e. The molecule has 5 heteroatoms. The molecule has 3 rings (SSSR count). The van der Waals surface area contributed by atoms with E-state index in [1.165, 1.54) is 0 Å². The van der Waals surface area contributed by atoms with Gasteiger partial charge in [0, 0.05) is 5.56 Å². The minimum absolute atomic E-state index is 0.0781. The zero-order valence-electron chi connectivity index (χ0n) is 10.2. The lowest BCUT2D eigenvalue weighted by Gasteiger charge is -2.08. The molecule has 2 aromatic carbocycles. The SMILES string of the molecule is Cc1cc2c(c(-c3ccccc3)c1)S(=O)(=O)NC2=O. The van der Waals surface area contributed by atoms with Crippen LogP contribution in [0.3, 0.4) is 0 Å². The average Bonchev–Trinajstić information content (AvgIpc) is 2.60. The van der Waals surface area contributed by atoms with Crippen LogP contribution in [0.4, 0.5) is 0 Å². The highest BCUT2D eigenvalue weighted by atomic mass is 32.2. The monoisotopic (exact) mass is 273 g/mol. The highest BCUT2D eigenvalue weighted by Gasteiger charge is 2.35. The van der Waals surface area contributed by atoms with Crippen LogP contribution in [0.25, 0.3) is 11.1 Å². The van der Waals surface area contributed by atoms with Crippen LogP contribution in [0.1, 0.15) is 15.9 Å². The predicted molar refractivity (Wildman–Crippen MR) is 71.3 cm³/mol. The molecule has 0 saturated carbocycles. The number of amides is 1. The maximum atomic E-state index is 12.0. The van der Waals surface area contributed by atoms with Gasteiger partial charge in [-0.05, 0) is 24.1 Å². The number of carbonyl (C=O) groups excluding carboxylic acids is 1. The van der Waals surface area contributed by atoms with Gasteiger partial charge in [0.25, 0.3) is 15.9 Å². The van der Waals surface area contributed by atoms with Crippen molar-refractivity contribution in [1.29, 1.82) is 0 Å². The molecule has 1 heterocycles. The van der Waals surface area contributed by atoms with Crippen LogP contribution >= 0.6 is 0 Å². The van der Waals surface area contributed by atoms with Gasteiger partial charge in [0.2, 0.25) is 0 Å². The molecule has 96 valence electrons. The Hall–Kier alpha value is -2.14. The summed E-state index contributed by atoms with van der Waals surface area (Å²) in [5, 5.41) is 0. The van der Waals surface area contributed by atoms with Crippen LogP contribution in [0, 0.1) is 6.92 Å². The van der Waals surface area contributed by atoms with E-state index in [1.54, 1.807) is 12.1 Å². The number of hydrogen-bond donors (Lipinski definition) is 1. The van der Waals surface area contributed by atoms with Crippen molar-refractivity contribution in [2.75, 3.05) is 0 Å². The van der Waals surface area contributed by atoms with Gasteiger partial charge in [-0.25, -0.2) is 13.1 Å². The fourth-order valence-electron chi connectivity index (χ4n) is 2.29. The van der Waals surface area contributed by atoms with Crippen LogP contribution in [-0.2, 0) is 10.0 Å². The first-order chi connectivity index (χ1) is 8.99. The van der Waals surface area contributed by atoms with E-state index < -0.39 is 15.9 Å². The standard InChI is InChI=1S/C14H11NO3S/c1-9-7-11(10-5-3-2-4-6-10)13-12(8-9)14(16)15-19(13,17)18/h2-8H,1H3,(H,15,16). The number of hydrogen-bond acceptors (Lipinski definition) is 3. The van der Waals surface area contributed by atoms with Gasteiger partial charge < -0.3 is 0 Å². The molecule has 0 bridgehead atoms. The van der Waals surface area contributed by atoms with E-state index >= 15 is 0 Å². The van der Waals surface area contributed by atoms with E-state index in [1.807, 2.05) is 42.0 Å². The third kappa shape index (κ3) is 1.82. The van der Waals surface area contributed by atoms with Crippen molar-refractivity contribution in [3.05, 3.63) is 53.6 Å². The molecule has 0 fully saturated rings. The van der Waals surface area contributed by atoms with Gasteiger partial charge in [0.1, 0.15) is 4.90 Å². The predicted octanol–water partition coefficient (Wildman–Crippen LogP) is 2.09. The van der Waals surface area contributed by atoms with Crippen molar-refractivity contribution in [2.45, 2.75) is 11.8 Å². The van der Waals surface area contributed by atoms with E-state index in [9.17, 15) is 13.2 Å². The molecular formula is C14H11NO3S. The number of rotatable bonds is 1. The third-order valence-corrected chi connectivity index (χ3v) is 4.49. The summed E-state index contributed by atoms with van der Waals surface area (Å²) >= 11 is 0. The minimum atomic E-state index is -3.75. The lowest BCUT2D eigenvalue weighted by Crippen LogP contribution is -2.20. The van der Waals surface area contributed by atoms with E-state index in [-0.39, 0.29) is 10.5 Å². The van der Waals surface area contributed by atoms with E-state index in [4.69, 9.17) is 0 Å². The van der Waals surface area contributed by atoms with Gasteiger partial charge >= 0.3 is 0 Å². The van der Waals surface area contributed by atoms with Crippen molar-refractivity contribution < 1.29 is 13.2 Å². The van der Waals surface area contributed by atoms with Gasteiger partial charge in [-0.3, -0.25) is 4.79 Å². The van der Waals surface area contributed by atoms with E-state index in [2.05, 4.69) is 0 Å². The Bertz CT molecular complexity index is 780. The van der Waals surface area contributed by atoms with E-state index in [0.29, 0.717) is 5.56 Å². The molecule has 0 radical (unpaired) electrons. The van der Waals surface area contributed by atoms with Crippen LogP contribution in [0.5, 0.6) is 0 Å². The molecular weight excluding hydrogens is 262 g/mol. The summed E-state index contributed by atoms with van der Waals surface area (Å²) < 4.78 is 26.1. The molecule has 0 atom stereocenters. The molecule has 1 amide bonds. The fourth-order valence-corrected chi connectivity index (χ4v) is 3.66. The summed E-state index contributed by atoms with van der Waals surface area (Å²) in [6.45, 7) is 1.84. The van der Waals surface area contributed by atoms with Crippen LogP contribution in [0.15, 0.2) is 47.4 Å². The second-order valence-corrected chi connectivity index (χ2v) is 6.11. The Morgan fingerprint density at radius 3 is 2.32 bits per heavy atom. The van der Waals surface area contributed by atoms with Crippen molar-refractivity contribution in [1.82, 2.24) is 4.72 Å². The fraction of sp³-hybridized carbons (Fsp3) is 0.0714. The van der Waals surface area contributed by atoms with Crippen molar-refractivity contribution in [2.24, 2.45) is 0 Å². The molecule has 19 heavy (non-hydrogen) atoms. The van der Waals surface area contributed by atoms with Crippen molar-refractivity contribution in [3.8, 4) is 11.1 Å². The maximum absolute atomic E-state index is 12.0. The number of benzene rings is 2. The smallest absolute Gasteiger partial charge is 0.266 e. The number of aryl methyl sites for hydroxylation is 1. The first-order valence-corrected chi connectivity index (χ1v) is 7.24. The number of carbonyl (C=O) groups is 1. The molecule has 1 N–H and O–H groups in total. The summed E-state index contributed by atoms with van der Waals surface area (Å²) in [4.78, 5) is 11.8. The first kappa shape index (κ1) is 11.9. The van der Waals surface area contributed by atoms with Gasteiger partial charge in [-0.15, -0.1) is 0 Å². The molecule has 4 nitrogen and oxygen atoms in total. The molecule has 2 aromatic rings. The first-order valence-electron chi connectivity index (χ1n) is 5.76. The zero-order chi connectivity index (χ0) is 13.6. The van der Waals surface area contributed by atoms with Gasteiger partial charge in [0.05, 0.1) is 5.56 Å². The zero-order valence-corrected chi connectivity index (χ0v) is 11.0. The summed E-state index contributed by atoms with van der Waals surface area (Å²) in [7, 11) is -3.75. The van der Waals surface area contributed by atoms with Gasteiger partial charge in [-0.1, -0.05) is 36.4 Å². The highest BCUT2D eigenvalue weighted by molar-refractivity contribution is 7.90. The number of sulfonamides is 1. The Balaban J connectivity index is 2.40. The number of nitrogens with one attached hydrogen (secondary N) is 1. The molecule has 0 aliphatic carbocycles. The molecule has 0 spiro atoms. The second-order valence-electron chi connectivity index (χ2n) is 4.49. The number of fused-ring (bicyclic) bond motifs is 1. The van der Waals surface area contributed by atoms with Crippen LogP contribution in [0.2, 0.25) is 0 Å². The Morgan fingerprint density at radius 2 is 1.63 bits per heavy atom. The molecule has 1 aliphatic rings. The molecule has 0 unspecified atom stereocenters. The molecule has 0 aromatic heterocycles.